The lowest BCUT2D eigenvalue weighted by Gasteiger charge is -2.09. The van der Waals surface area contributed by atoms with Crippen LogP contribution in [0.2, 0.25) is 0 Å². The van der Waals surface area contributed by atoms with E-state index in [-0.39, 0.29) is 28.1 Å². The standard InChI is InChI=1S/C14H19N3O3/c1-13(2)12(14(13,3)4)16-9-6-5-8(11(15)18)7-10(9)17(19)20/h5-7,12,16H,1-4H3,(H2,15,18). The van der Waals surface area contributed by atoms with E-state index in [2.05, 4.69) is 33.0 Å². The molecule has 0 saturated heterocycles. The topological polar surface area (TPSA) is 98.3 Å². The molecule has 2 rings (SSSR count). The van der Waals surface area contributed by atoms with Gasteiger partial charge in [-0.15, -0.1) is 0 Å². The number of hydrogen-bond acceptors (Lipinski definition) is 4. The monoisotopic (exact) mass is 277 g/mol. The van der Waals surface area contributed by atoms with Crippen LogP contribution in [0.1, 0.15) is 38.1 Å². The Kier molecular flexibility index (Phi) is 3.00. The minimum absolute atomic E-state index is 0.0588. The van der Waals surface area contributed by atoms with Gasteiger partial charge in [0.2, 0.25) is 5.91 Å². The summed E-state index contributed by atoms with van der Waals surface area (Å²) in [6.07, 6.45) is 0. The molecule has 1 amide bonds. The van der Waals surface area contributed by atoms with Crippen molar-refractivity contribution < 1.29 is 9.72 Å². The molecule has 0 atom stereocenters. The van der Waals surface area contributed by atoms with E-state index in [1.807, 2.05) is 0 Å². The quantitative estimate of drug-likeness (QED) is 0.652. The molecule has 3 N–H and O–H groups in total. The molecule has 0 aliphatic heterocycles. The van der Waals surface area contributed by atoms with Crippen molar-refractivity contribution in [2.24, 2.45) is 16.6 Å². The zero-order valence-corrected chi connectivity index (χ0v) is 12.1. The highest BCUT2D eigenvalue weighted by Crippen LogP contribution is 2.64. The molecule has 1 aromatic carbocycles. The number of carbonyl (C=O) groups is 1. The Morgan fingerprint density at radius 2 is 1.85 bits per heavy atom. The summed E-state index contributed by atoms with van der Waals surface area (Å²) in [4.78, 5) is 21.7. The molecule has 0 bridgehead atoms. The molecule has 6 nitrogen and oxygen atoms in total. The Balaban J connectivity index is 2.34. The highest BCUT2D eigenvalue weighted by molar-refractivity contribution is 5.94. The van der Waals surface area contributed by atoms with Gasteiger partial charge in [0.1, 0.15) is 5.69 Å². The predicted molar refractivity (Wildman–Crippen MR) is 76.6 cm³/mol. The summed E-state index contributed by atoms with van der Waals surface area (Å²) in [5.74, 6) is -0.674. The fourth-order valence-electron chi connectivity index (χ4n) is 2.67. The van der Waals surface area contributed by atoms with Crippen molar-refractivity contribution in [3.05, 3.63) is 33.9 Å². The summed E-state index contributed by atoms with van der Waals surface area (Å²) in [6.45, 7) is 8.48. The van der Waals surface area contributed by atoms with Crippen LogP contribution >= 0.6 is 0 Å². The van der Waals surface area contributed by atoms with Crippen LogP contribution in [0.5, 0.6) is 0 Å². The highest BCUT2D eigenvalue weighted by atomic mass is 16.6. The molecule has 1 aliphatic rings. The van der Waals surface area contributed by atoms with Crippen molar-refractivity contribution >= 4 is 17.3 Å². The molecule has 1 aromatic rings. The number of primary amides is 1. The Labute approximate surface area is 117 Å². The van der Waals surface area contributed by atoms with Crippen molar-refractivity contribution in [1.29, 1.82) is 0 Å². The lowest BCUT2D eigenvalue weighted by atomic mass is 10.0. The van der Waals surface area contributed by atoms with Crippen LogP contribution in [-0.4, -0.2) is 16.9 Å². The summed E-state index contributed by atoms with van der Waals surface area (Å²) in [5.41, 5.74) is 5.70. The van der Waals surface area contributed by atoms with Gasteiger partial charge in [0.05, 0.1) is 4.92 Å². The maximum absolute atomic E-state index is 11.1. The van der Waals surface area contributed by atoms with Gasteiger partial charge in [-0.2, -0.15) is 0 Å². The van der Waals surface area contributed by atoms with Gasteiger partial charge in [-0.05, 0) is 23.0 Å². The van der Waals surface area contributed by atoms with E-state index in [0.29, 0.717) is 5.69 Å². The first-order valence-electron chi connectivity index (χ1n) is 6.44. The summed E-state index contributed by atoms with van der Waals surface area (Å²) in [6, 6.07) is 4.41. The number of amides is 1. The SMILES string of the molecule is CC1(C)C(Nc2ccc(C(N)=O)cc2[N+](=O)[O-])C1(C)C. The minimum atomic E-state index is -0.674. The molecule has 6 heteroatoms. The Bertz CT molecular complexity index is 579. The Morgan fingerprint density at radius 3 is 2.25 bits per heavy atom. The lowest BCUT2D eigenvalue weighted by Crippen LogP contribution is -2.14. The van der Waals surface area contributed by atoms with E-state index in [4.69, 9.17) is 5.73 Å². The van der Waals surface area contributed by atoms with Crippen molar-refractivity contribution in [2.45, 2.75) is 33.7 Å². The fraction of sp³-hybridized carbons (Fsp3) is 0.500. The van der Waals surface area contributed by atoms with Crippen molar-refractivity contribution in [1.82, 2.24) is 0 Å². The Hall–Kier alpha value is -2.11. The predicted octanol–water partition coefficient (Wildman–Crippen LogP) is 2.54. The van der Waals surface area contributed by atoms with Crippen LogP contribution < -0.4 is 11.1 Å². The lowest BCUT2D eigenvalue weighted by molar-refractivity contribution is -0.384. The summed E-state index contributed by atoms with van der Waals surface area (Å²) in [7, 11) is 0. The normalized spacial score (nSPS) is 19.4. The largest absolute Gasteiger partial charge is 0.376 e. The number of benzene rings is 1. The molecule has 0 heterocycles. The van der Waals surface area contributed by atoms with Gasteiger partial charge in [-0.25, -0.2) is 0 Å². The molecule has 108 valence electrons. The van der Waals surface area contributed by atoms with Crippen molar-refractivity contribution in [3.63, 3.8) is 0 Å². The van der Waals surface area contributed by atoms with Gasteiger partial charge in [0.25, 0.3) is 5.69 Å². The van der Waals surface area contributed by atoms with Crippen LogP contribution in [0.15, 0.2) is 18.2 Å². The molecular weight excluding hydrogens is 258 g/mol. The molecular formula is C14H19N3O3. The number of hydrogen-bond donors (Lipinski definition) is 2. The summed E-state index contributed by atoms with van der Waals surface area (Å²) >= 11 is 0. The summed E-state index contributed by atoms with van der Waals surface area (Å²) in [5, 5.41) is 14.4. The number of nitrogens with zero attached hydrogens (tertiary/aromatic N) is 1. The van der Waals surface area contributed by atoms with Gasteiger partial charge in [0.15, 0.2) is 0 Å². The zero-order chi connectivity index (χ0) is 15.3. The zero-order valence-electron chi connectivity index (χ0n) is 12.1. The number of nitro benzene ring substituents is 1. The first kappa shape index (κ1) is 14.3. The molecule has 0 spiro atoms. The summed E-state index contributed by atoms with van der Waals surface area (Å²) < 4.78 is 0. The number of nitrogens with one attached hydrogen (secondary N) is 1. The van der Waals surface area contributed by atoms with E-state index >= 15 is 0 Å². The smallest absolute Gasteiger partial charge is 0.293 e. The number of anilines is 1. The van der Waals surface area contributed by atoms with E-state index in [1.54, 1.807) is 6.07 Å². The van der Waals surface area contributed by atoms with Crippen LogP contribution in [0, 0.1) is 20.9 Å². The molecule has 20 heavy (non-hydrogen) atoms. The second-order valence-electron chi connectivity index (χ2n) is 6.37. The molecule has 0 radical (unpaired) electrons. The van der Waals surface area contributed by atoms with Gasteiger partial charge < -0.3 is 11.1 Å². The van der Waals surface area contributed by atoms with E-state index in [1.165, 1.54) is 12.1 Å². The second-order valence-corrected chi connectivity index (χ2v) is 6.37. The number of nitrogens with two attached hydrogens (primary N) is 1. The first-order valence-corrected chi connectivity index (χ1v) is 6.44. The molecule has 1 aliphatic carbocycles. The number of rotatable bonds is 4. The van der Waals surface area contributed by atoms with Crippen LogP contribution in [-0.2, 0) is 0 Å². The van der Waals surface area contributed by atoms with E-state index in [9.17, 15) is 14.9 Å². The van der Waals surface area contributed by atoms with Crippen molar-refractivity contribution in [3.8, 4) is 0 Å². The fourth-order valence-corrected chi connectivity index (χ4v) is 2.67. The van der Waals surface area contributed by atoms with Crippen molar-refractivity contribution in [2.75, 3.05) is 5.32 Å². The molecule has 1 fully saturated rings. The maximum Gasteiger partial charge on any atom is 0.293 e. The average molecular weight is 277 g/mol. The minimum Gasteiger partial charge on any atom is -0.376 e. The maximum atomic E-state index is 11.1. The van der Waals surface area contributed by atoms with Gasteiger partial charge in [-0.1, -0.05) is 27.7 Å². The molecule has 0 unspecified atom stereocenters. The van der Waals surface area contributed by atoms with E-state index in [0.717, 1.165) is 0 Å². The third-order valence-electron chi connectivity index (χ3n) is 4.80. The molecule has 0 aromatic heterocycles. The molecule has 1 saturated carbocycles. The van der Waals surface area contributed by atoms with Gasteiger partial charge in [0, 0.05) is 17.7 Å². The Morgan fingerprint density at radius 1 is 1.30 bits per heavy atom. The van der Waals surface area contributed by atoms with Crippen LogP contribution in [0.3, 0.4) is 0 Å². The van der Waals surface area contributed by atoms with Gasteiger partial charge in [-0.3, -0.25) is 14.9 Å². The van der Waals surface area contributed by atoms with Gasteiger partial charge >= 0.3 is 0 Å². The number of nitro groups is 1. The third-order valence-corrected chi connectivity index (χ3v) is 4.80. The average Bonchev–Trinajstić information content (AvgIpc) is 2.71. The van der Waals surface area contributed by atoms with Crippen LogP contribution in [0.25, 0.3) is 0 Å². The number of carbonyl (C=O) groups excluding carboxylic acids is 1. The highest BCUT2D eigenvalue weighted by Gasteiger charge is 2.65. The van der Waals surface area contributed by atoms with Crippen LogP contribution in [0.4, 0.5) is 11.4 Å². The van der Waals surface area contributed by atoms with E-state index < -0.39 is 10.8 Å². The third kappa shape index (κ3) is 2.01. The first-order chi connectivity index (χ1) is 9.09. The second kappa shape index (κ2) is 4.19.